The van der Waals surface area contributed by atoms with E-state index < -0.39 is 0 Å². The van der Waals surface area contributed by atoms with E-state index in [4.69, 9.17) is 11.6 Å². The fourth-order valence-electron chi connectivity index (χ4n) is 1.36. The van der Waals surface area contributed by atoms with Crippen LogP contribution in [0.25, 0.3) is 0 Å². The van der Waals surface area contributed by atoms with Crippen molar-refractivity contribution in [2.24, 2.45) is 0 Å². The normalized spacial score (nSPS) is 10.3. The molecule has 90 valence electrons. The van der Waals surface area contributed by atoms with E-state index in [1.165, 1.54) is 9.75 Å². The largest absolute Gasteiger partial charge is 0.364 e. The second kappa shape index (κ2) is 5.33. The number of thiophene rings is 1. The Morgan fingerprint density at radius 2 is 2.24 bits per heavy atom. The molecule has 0 aromatic carbocycles. The molecule has 2 aromatic rings. The summed E-state index contributed by atoms with van der Waals surface area (Å²) < 4.78 is 0. The van der Waals surface area contributed by atoms with E-state index in [0.717, 1.165) is 6.54 Å². The highest BCUT2D eigenvalue weighted by atomic mass is 35.5. The molecule has 0 radical (unpaired) electrons. The van der Waals surface area contributed by atoms with Gasteiger partial charge in [-0.3, -0.25) is 0 Å². The van der Waals surface area contributed by atoms with E-state index in [0.29, 0.717) is 16.8 Å². The Morgan fingerprint density at radius 3 is 2.88 bits per heavy atom. The van der Waals surface area contributed by atoms with Gasteiger partial charge in [0.1, 0.15) is 5.02 Å². The number of aryl methyl sites for hydroxylation is 1. The summed E-state index contributed by atoms with van der Waals surface area (Å²) in [5.41, 5.74) is 0. The second-order valence-electron chi connectivity index (χ2n) is 3.51. The maximum Gasteiger partial charge on any atom is 0.224 e. The van der Waals surface area contributed by atoms with Crippen molar-refractivity contribution >= 4 is 34.7 Å². The van der Waals surface area contributed by atoms with Crippen molar-refractivity contribution in [3.05, 3.63) is 33.1 Å². The van der Waals surface area contributed by atoms with Crippen LogP contribution in [0.5, 0.6) is 0 Å². The minimum Gasteiger partial charge on any atom is -0.364 e. The van der Waals surface area contributed by atoms with Gasteiger partial charge >= 0.3 is 0 Å². The molecule has 2 N–H and O–H groups in total. The van der Waals surface area contributed by atoms with Crippen molar-refractivity contribution in [2.75, 3.05) is 17.7 Å². The minimum absolute atomic E-state index is 0.525. The van der Waals surface area contributed by atoms with Crippen LogP contribution >= 0.6 is 22.9 Å². The maximum absolute atomic E-state index is 6.01. The second-order valence-corrected chi connectivity index (χ2v) is 5.29. The SMILES string of the molecule is CNc1ncc(Cl)c(NCc2ccc(C)s2)n1. The molecule has 0 aliphatic heterocycles. The topological polar surface area (TPSA) is 49.8 Å². The molecule has 2 heterocycles. The molecule has 0 saturated carbocycles. The minimum atomic E-state index is 0.525. The van der Waals surface area contributed by atoms with Gasteiger partial charge in [-0.15, -0.1) is 11.3 Å². The smallest absolute Gasteiger partial charge is 0.224 e. The zero-order valence-corrected chi connectivity index (χ0v) is 11.2. The van der Waals surface area contributed by atoms with Gasteiger partial charge in [0.05, 0.1) is 12.7 Å². The van der Waals surface area contributed by atoms with E-state index in [-0.39, 0.29) is 0 Å². The first-order chi connectivity index (χ1) is 8.19. The first-order valence-corrected chi connectivity index (χ1v) is 6.38. The van der Waals surface area contributed by atoms with Crippen LogP contribution in [-0.4, -0.2) is 17.0 Å². The number of aromatic nitrogens is 2. The van der Waals surface area contributed by atoms with Crippen molar-refractivity contribution in [2.45, 2.75) is 13.5 Å². The Bertz CT molecular complexity index is 512. The number of rotatable bonds is 4. The summed E-state index contributed by atoms with van der Waals surface area (Å²) in [6.45, 7) is 2.81. The summed E-state index contributed by atoms with van der Waals surface area (Å²) in [7, 11) is 1.77. The Balaban J connectivity index is 2.07. The van der Waals surface area contributed by atoms with Gasteiger partial charge in [0, 0.05) is 16.8 Å². The Kier molecular flexibility index (Phi) is 3.81. The van der Waals surface area contributed by atoms with Gasteiger partial charge in [0.25, 0.3) is 0 Å². The zero-order valence-electron chi connectivity index (χ0n) is 9.62. The third-order valence-corrected chi connectivity index (χ3v) is 3.47. The fourth-order valence-corrected chi connectivity index (χ4v) is 2.35. The molecule has 0 atom stereocenters. The summed E-state index contributed by atoms with van der Waals surface area (Å²) in [5.74, 6) is 1.20. The van der Waals surface area contributed by atoms with Crippen LogP contribution in [0.4, 0.5) is 11.8 Å². The van der Waals surface area contributed by atoms with E-state index in [9.17, 15) is 0 Å². The first kappa shape index (κ1) is 12.1. The van der Waals surface area contributed by atoms with Gasteiger partial charge in [-0.05, 0) is 19.1 Å². The van der Waals surface area contributed by atoms with Crippen LogP contribution in [0.15, 0.2) is 18.3 Å². The van der Waals surface area contributed by atoms with Crippen molar-refractivity contribution in [1.29, 1.82) is 0 Å². The number of hydrogen-bond donors (Lipinski definition) is 2. The quantitative estimate of drug-likeness (QED) is 0.894. The van der Waals surface area contributed by atoms with Crippen molar-refractivity contribution < 1.29 is 0 Å². The Hall–Kier alpha value is -1.33. The molecular weight excluding hydrogens is 256 g/mol. The van der Waals surface area contributed by atoms with Gasteiger partial charge in [0.15, 0.2) is 5.82 Å². The number of halogens is 1. The van der Waals surface area contributed by atoms with Crippen molar-refractivity contribution in [3.63, 3.8) is 0 Å². The molecule has 0 aliphatic rings. The average molecular weight is 269 g/mol. The summed E-state index contributed by atoms with van der Waals surface area (Å²) in [6, 6.07) is 4.20. The first-order valence-electron chi connectivity index (χ1n) is 5.18. The van der Waals surface area contributed by atoms with Gasteiger partial charge in [0.2, 0.25) is 5.95 Å². The molecular formula is C11H13ClN4S. The lowest BCUT2D eigenvalue weighted by atomic mass is 10.4. The fraction of sp³-hybridized carbons (Fsp3) is 0.273. The highest BCUT2D eigenvalue weighted by molar-refractivity contribution is 7.11. The van der Waals surface area contributed by atoms with Crippen LogP contribution in [0.3, 0.4) is 0 Å². The summed E-state index contributed by atoms with van der Waals surface area (Å²) in [4.78, 5) is 10.8. The third kappa shape index (κ3) is 3.08. The molecule has 2 rings (SSSR count). The Morgan fingerprint density at radius 1 is 1.41 bits per heavy atom. The monoisotopic (exact) mass is 268 g/mol. The maximum atomic E-state index is 6.01. The molecule has 6 heteroatoms. The van der Waals surface area contributed by atoms with Crippen LogP contribution in [-0.2, 0) is 6.54 Å². The van der Waals surface area contributed by atoms with E-state index >= 15 is 0 Å². The Labute approximate surface area is 109 Å². The number of hydrogen-bond acceptors (Lipinski definition) is 5. The molecule has 0 unspecified atom stereocenters. The highest BCUT2D eigenvalue weighted by Gasteiger charge is 2.04. The summed E-state index contributed by atoms with van der Waals surface area (Å²) >= 11 is 7.77. The molecule has 17 heavy (non-hydrogen) atoms. The predicted octanol–water partition coefficient (Wildman–Crippen LogP) is 3.15. The van der Waals surface area contributed by atoms with Crippen molar-refractivity contribution in [1.82, 2.24) is 9.97 Å². The van der Waals surface area contributed by atoms with Crippen LogP contribution < -0.4 is 10.6 Å². The highest BCUT2D eigenvalue weighted by Crippen LogP contribution is 2.21. The molecule has 2 aromatic heterocycles. The van der Waals surface area contributed by atoms with Gasteiger partial charge in [-0.1, -0.05) is 11.6 Å². The third-order valence-electron chi connectivity index (χ3n) is 2.19. The van der Waals surface area contributed by atoms with Crippen LogP contribution in [0, 0.1) is 6.92 Å². The lowest BCUT2D eigenvalue weighted by Gasteiger charge is -2.07. The van der Waals surface area contributed by atoms with Crippen LogP contribution in [0.1, 0.15) is 9.75 Å². The lowest BCUT2D eigenvalue weighted by Crippen LogP contribution is -2.04. The molecule has 4 nitrogen and oxygen atoms in total. The molecule has 0 bridgehead atoms. The van der Waals surface area contributed by atoms with E-state index in [2.05, 4.69) is 39.7 Å². The molecule has 0 aliphatic carbocycles. The van der Waals surface area contributed by atoms with Gasteiger partial charge in [-0.25, -0.2) is 4.98 Å². The average Bonchev–Trinajstić information content (AvgIpc) is 2.74. The van der Waals surface area contributed by atoms with Crippen molar-refractivity contribution in [3.8, 4) is 0 Å². The lowest BCUT2D eigenvalue weighted by molar-refractivity contribution is 1.09. The molecule has 0 amide bonds. The molecule has 0 spiro atoms. The molecule has 0 saturated heterocycles. The number of nitrogens with one attached hydrogen (secondary N) is 2. The van der Waals surface area contributed by atoms with Gasteiger partial charge < -0.3 is 10.6 Å². The van der Waals surface area contributed by atoms with E-state index in [1.807, 2.05) is 0 Å². The predicted molar refractivity (Wildman–Crippen MR) is 73.0 cm³/mol. The molecule has 0 fully saturated rings. The number of anilines is 2. The van der Waals surface area contributed by atoms with Crippen LogP contribution in [0.2, 0.25) is 5.02 Å². The van der Waals surface area contributed by atoms with Gasteiger partial charge in [-0.2, -0.15) is 4.98 Å². The summed E-state index contributed by atoms with van der Waals surface area (Å²) in [6.07, 6.45) is 1.59. The van der Waals surface area contributed by atoms with E-state index in [1.54, 1.807) is 24.6 Å². The standard InChI is InChI=1S/C11H13ClN4S/c1-7-3-4-8(17-7)5-14-10-9(12)6-15-11(13-2)16-10/h3-4,6H,5H2,1-2H3,(H2,13,14,15,16). The zero-order chi connectivity index (χ0) is 12.3. The number of nitrogens with zero attached hydrogens (tertiary/aromatic N) is 2. The summed E-state index contributed by atoms with van der Waals surface area (Å²) in [5, 5.41) is 6.61.